The van der Waals surface area contributed by atoms with Crippen LogP contribution in [0.15, 0.2) is 22.5 Å². The quantitative estimate of drug-likeness (QED) is 0.611. The second-order valence-corrected chi connectivity index (χ2v) is 7.98. The molecule has 0 unspecified atom stereocenters. The minimum absolute atomic E-state index is 0.365. The van der Waals surface area contributed by atoms with Crippen LogP contribution in [-0.2, 0) is 7.05 Å². The van der Waals surface area contributed by atoms with Gasteiger partial charge in [0.2, 0.25) is 0 Å². The van der Waals surface area contributed by atoms with Crippen molar-refractivity contribution in [3.05, 3.63) is 29.6 Å². The molecule has 1 aliphatic heterocycles. The molecule has 2 aromatic heterocycles. The van der Waals surface area contributed by atoms with Crippen molar-refractivity contribution in [3.63, 3.8) is 0 Å². The molecule has 25 heavy (non-hydrogen) atoms. The molecule has 1 aliphatic rings. The summed E-state index contributed by atoms with van der Waals surface area (Å²) in [6.07, 6.45) is 6.30. The minimum Gasteiger partial charge on any atom is -0.379 e. The Morgan fingerprint density at radius 1 is 1.40 bits per heavy atom. The van der Waals surface area contributed by atoms with E-state index in [1.165, 1.54) is 19.3 Å². The van der Waals surface area contributed by atoms with E-state index < -0.39 is 0 Å². The van der Waals surface area contributed by atoms with E-state index in [1.54, 1.807) is 47.3 Å². The number of aryl methyl sites for hydroxylation is 1. The van der Waals surface area contributed by atoms with Gasteiger partial charge in [0.1, 0.15) is 10.7 Å². The molecule has 1 fully saturated rings. The van der Waals surface area contributed by atoms with Crippen molar-refractivity contribution >= 4 is 40.5 Å². The number of carbonyl (C=O) groups is 2. The van der Waals surface area contributed by atoms with E-state index in [0.29, 0.717) is 11.3 Å². The van der Waals surface area contributed by atoms with Crippen LogP contribution in [-0.4, -0.2) is 46.4 Å². The number of nitrogens with two attached hydrogens (primary N) is 1. The summed E-state index contributed by atoms with van der Waals surface area (Å²) in [6, 6.07) is 3.55. The van der Waals surface area contributed by atoms with Gasteiger partial charge in [0.05, 0.1) is 9.77 Å². The number of carbonyl (C=O) groups excluding carboxylic acids is 2. The van der Waals surface area contributed by atoms with Crippen molar-refractivity contribution in [2.24, 2.45) is 12.8 Å². The second-order valence-electron chi connectivity index (χ2n) is 5.54. The zero-order valence-corrected chi connectivity index (χ0v) is 16.0. The number of hydrogen-bond acceptors (Lipinski definition) is 7. The van der Waals surface area contributed by atoms with Crippen molar-refractivity contribution in [2.45, 2.75) is 23.5 Å². The molecular formula is C16H23N5O2S2. The lowest BCUT2D eigenvalue weighted by atomic mass is 10.2. The molecule has 0 atom stereocenters. The number of piperidine rings is 1. The molecule has 3 rings (SSSR count). The Kier molecular flexibility index (Phi) is 7.48. The van der Waals surface area contributed by atoms with Gasteiger partial charge >= 0.3 is 0 Å². The summed E-state index contributed by atoms with van der Waals surface area (Å²) in [7, 11) is 3.58. The Morgan fingerprint density at radius 3 is 2.56 bits per heavy atom. The third-order valence-electron chi connectivity index (χ3n) is 3.59. The fourth-order valence-corrected chi connectivity index (χ4v) is 4.69. The van der Waals surface area contributed by atoms with Gasteiger partial charge in [-0.3, -0.25) is 14.3 Å². The van der Waals surface area contributed by atoms with Crippen LogP contribution in [0.3, 0.4) is 0 Å². The van der Waals surface area contributed by atoms with Crippen molar-refractivity contribution in [3.8, 4) is 0 Å². The Labute approximate surface area is 155 Å². The number of hydrogen-bond donors (Lipinski definition) is 2. The molecular weight excluding hydrogens is 358 g/mol. The number of aromatic nitrogens is 2. The fraction of sp³-hybridized carbons (Fsp3) is 0.438. The van der Waals surface area contributed by atoms with Crippen molar-refractivity contribution in [1.82, 2.24) is 14.1 Å². The van der Waals surface area contributed by atoms with Crippen molar-refractivity contribution < 1.29 is 9.59 Å². The summed E-state index contributed by atoms with van der Waals surface area (Å²) >= 11 is 3.33. The van der Waals surface area contributed by atoms with Gasteiger partial charge in [-0.1, -0.05) is 6.42 Å². The molecule has 0 saturated carbocycles. The maximum Gasteiger partial charge on any atom is 0.251 e. The van der Waals surface area contributed by atoms with Crippen LogP contribution >= 0.6 is 23.3 Å². The summed E-state index contributed by atoms with van der Waals surface area (Å²) in [6.45, 7) is 2.26. The number of primary amides is 1. The first-order chi connectivity index (χ1) is 12.0. The molecule has 0 bridgehead atoms. The zero-order valence-electron chi connectivity index (χ0n) is 14.4. The lowest BCUT2D eigenvalue weighted by molar-refractivity contribution is 0.100. The maximum atomic E-state index is 11.3. The lowest BCUT2D eigenvalue weighted by Crippen LogP contribution is -2.22. The summed E-state index contributed by atoms with van der Waals surface area (Å²) in [5.74, 6) is -0.365. The summed E-state index contributed by atoms with van der Waals surface area (Å²) in [5.41, 5.74) is 6.42. The van der Waals surface area contributed by atoms with Crippen molar-refractivity contribution in [2.75, 3.05) is 25.5 Å². The smallest absolute Gasteiger partial charge is 0.251 e. The van der Waals surface area contributed by atoms with Crippen LogP contribution in [0.2, 0.25) is 0 Å². The number of nitrogens with one attached hydrogen (secondary N) is 1. The predicted octanol–water partition coefficient (Wildman–Crippen LogP) is 2.61. The summed E-state index contributed by atoms with van der Waals surface area (Å²) < 4.78 is 5.08. The van der Waals surface area contributed by atoms with Crippen LogP contribution in [0.4, 0.5) is 5.00 Å². The third-order valence-corrected chi connectivity index (χ3v) is 5.93. The van der Waals surface area contributed by atoms with Gasteiger partial charge in [-0.05, 0) is 36.9 Å². The van der Waals surface area contributed by atoms with Gasteiger partial charge < -0.3 is 11.1 Å². The average molecular weight is 382 g/mol. The van der Waals surface area contributed by atoms with Crippen LogP contribution in [0.25, 0.3) is 0 Å². The Bertz CT molecular complexity index is 707. The first kappa shape index (κ1) is 19.5. The van der Waals surface area contributed by atoms with Gasteiger partial charge in [0.15, 0.2) is 6.29 Å². The van der Waals surface area contributed by atoms with Crippen LogP contribution in [0.5, 0.6) is 0 Å². The Morgan fingerprint density at radius 2 is 2.12 bits per heavy atom. The first-order valence-corrected chi connectivity index (χ1v) is 9.61. The number of nitrogens with zero attached hydrogens (tertiary/aromatic N) is 3. The van der Waals surface area contributed by atoms with E-state index in [0.717, 1.165) is 28.6 Å². The van der Waals surface area contributed by atoms with Crippen LogP contribution in [0, 0.1) is 0 Å². The number of aldehydes is 1. The fourth-order valence-electron chi connectivity index (χ4n) is 2.36. The molecule has 136 valence electrons. The second kappa shape index (κ2) is 9.59. The van der Waals surface area contributed by atoms with Gasteiger partial charge in [-0.25, -0.2) is 4.31 Å². The molecule has 9 heteroatoms. The van der Waals surface area contributed by atoms with E-state index in [2.05, 4.69) is 14.7 Å². The highest BCUT2D eigenvalue weighted by atomic mass is 32.2. The van der Waals surface area contributed by atoms with Crippen LogP contribution < -0.4 is 11.1 Å². The number of anilines is 1. The zero-order chi connectivity index (χ0) is 18.2. The molecule has 1 amide bonds. The molecule has 0 spiro atoms. The molecule has 2 aromatic rings. The van der Waals surface area contributed by atoms with E-state index >= 15 is 0 Å². The average Bonchev–Trinajstić information content (AvgIpc) is 3.22. The summed E-state index contributed by atoms with van der Waals surface area (Å²) in [4.78, 5) is 21.2. The highest BCUT2D eigenvalue weighted by Gasteiger charge is 2.17. The molecule has 0 aromatic carbocycles. The minimum atomic E-state index is -0.365. The monoisotopic (exact) mass is 381 g/mol. The maximum absolute atomic E-state index is 11.3. The normalized spacial score (nSPS) is 14.5. The Hall–Kier alpha value is -1.84. The summed E-state index contributed by atoms with van der Waals surface area (Å²) in [5, 5.41) is 7.66. The van der Waals surface area contributed by atoms with E-state index in [1.807, 2.05) is 13.1 Å². The third kappa shape index (κ3) is 5.87. The van der Waals surface area contributed by atoms with Gasteiger partial charge in [-0.2, -0.15) is 5.10 Å². The topological polar surface area (TPSA) is 93.2 Å². The molecule has 3 N–H and O–H groups in total. The first-order valence-electron chi connectivity index (χ1n) is 8.02. The number of amides is 1. The molecule has 3 heterocycles. The largest absolute Gasteiger partial charge is 0.379 e. The van der Waals surface area contributed by atoms with Gasteiger partial charge in [0, 0.05) is 33.4 Å². The van der Waals surface area contributed by atoms with Gasteiger partial charge in [-0.15, -0.1) is 11.3 Å². The highest BCUT2D eigenvalue weighted by molar-refractivity contribution is 7.99. The van der Waals surface area contributed by atoms with E-state index in [4.69, 9.17) is 5.73 Å². The molecule has 0 radical (unpaired) electrons. The van der Waals surface area contributed by atoms with E-state index in [9.17, 15) is 9.59 Å². The SMILES string of the molecule is CNc1sc(SN2CCCCC2)cc1C(N)=O.Cn1ccc(C=O)n1. The Balaban J connectivity index is 0.000000236. The number of thiophene rings is 1. The highest BCUT2D eigenvalue weighted by Crippen LogP contribution is 2.37. The number of rotatable bonds is 5. The molecule has 7 nitrogen and oxygen atoms in total. The molecule has 0 aliphatic carbocycles. The van der Waals surface area contributed by atoms with Crippen LogP contribution in [0.1, 0.15) is 40.1 Å². The predicted molar refractivity (Wildman–Crippen MR) is 102 cm³/mol. The van der Waals surface area contributed by atoms with E-state index in [-0.39, 0.29) is 5.91 Å². The molecule has 1 saturated heterocycles. The van der Waals surface area contributed by atoms with Gasteiger partial charge in [0.25, 0.3) is 5.91 Å². The van der Waals surface area contributed by atoms with Crippen molar-refractivity contribution in [1.29, 1.82) is 0 Å². The standard InChI is InChI=1S/C11H17N3OS2.C5H6N2O/c1-13-11-8(10(12)15)7-9(16-11)17-14-5-3-2-4-6-14;1-7-3-2-5(4-8)6-7/h7,13H,2-6H2,1H3,(H2,12,15);2-4H,1H3. The lowest BCUT2D eigenvalue weighted by Gasteiger charge is -2.24.